The number of para-hydroxylation sites is 1. The van der Waals surface area contributed by atoms with Gasteiger partial charge in [-0.15, -0.1) is 0 Å². The Morgan fingerprint density at radius 3 is 2.60 bits per heavy atom. The summed E-state index contributed by atoms with van der Waals surface area (Å²) in [5.41, 5.74) is -0.827. The van der Waals surface area contributed by atoms with Crippen LogP contribution in [0.2, 0.25) is 0 Å². The zero-order valence-electron chi connectivity index (χ0n) is 11.5. The third-order valence-corrected chi connectivity index (χ3v) is 2.92. The Bertz CT molecular complexity index is 473. The number of carbonyl (C=O) groups is 1. The first-order chi connectivity index (χ1) is 9.57. The monoisotopic (exact) mass is 281 g/mol. The largest absolute Gasteiger partial charge is 0.487 e. The molecule has 1 aromatic rings. The van der Waals surface area contributed by atoms with Crippen LogP contribution in [0, 0.1) is 10.1 Å². The Kier molecular flexibility index (Phi) is 6.49. The van der Waals surface area contributed by atoms with Crippen LogP contribution in [-0.4, -0.2) is 22.6 Å². The normalized spacial score (nSPS) is 10.2. The minimum absolute atomic E-state index is 0.0189. The zero-order valence-corrected chi connectivity index (χ0v) is 11.5. The zero-order chi connectivity index (χ0) is 15.0. The van der Waals surface area contributed by atoms with E-state index in [1.54, 1.807) is 0 Å². The van der Waals surface area contributed by atoms with Gasteiger partial charge in [0.1, 0.15) is 5.56 Å². The van der Waals surface area contributed by atoms with Crippen LogP contribution in [0.5, 0.6) is 5.75 Å². The van der Waals surface area contributed by atoms with Crippen LogP contribution in [0.4, 0.5) is 5.69 Å². The number of nitro benzene ring substituents is 1. The lowest BCUT2D eigenvalue weighted by molar-refractivity contribution is -0.386. The molecule has 0 saturated carbocycles. The van der Waals surface area contributed by atoms with Crippen LogP contribution in [0.1, 0.15) is 49.4 Å². The number of hydrogen-bond donors (Lipinski definition) is 1. The number of hydrogen-bond acceptors (Lipinski definition) is 4. The second-order valence-electron chi connectivity index (χ2n) is 4.48. The number of nitro groups is 1. The summed E-state index contributed by atoms with van der Waals surface area (Å²) >= 11 is 0. The number of benzene rings is 1. The summed E-state index contributed by atoms with van der Waals surface area (Å²) < 4.78 is 5.36. The Morgan fingerprint density at radius 1 is 1.30 bits per heavy atom. The number of carboxylic acids is 1. The number of unbranched alkanes of at least 4 members (excludes halogenated alkanes) is 4. The second-order valence-corrected chi connectivity index (χ2v) is 4.48. The van der Waals surface area contributed by atoms with E-state index in [1.165, 1.54) is 18.2 Å². The standard InChI is InChI=1S/C14H19NO5/c1-2-3-4-5-6-10-20-12-9-7-8-11(14(16)17)13(12)15(18)19/h7-9H,2-6,10H2,1H3,(H,16,17). The van der Waals surface area contributed by atoms with E-state index in [0.717, 1.165) is 32.1 Å². The minimum atomic E-state index is -1.33. The van der Waals surface area contributed by atoms with E-state index in [0.29, 0.717) is 6.61 Å². The van der Waals surface area contributed by atoms with E-state index in [-0.39, 0.29) is 11.3 Å². The molecule has 6 heteroatoms. The Morgan fingerprint density at radius 2 is 2.00 bits per heavy atom. The van der Waals surface area contributed by atoms with Crippen LogP contribution in [0.15, 0.2) is 18.2 Å². The van der Waals surface area contributed by atoms with Gasteiger partial charge in [-0.1, -0.05) is 38.7 Å². The molecule has 0 bridgehead atoms. The van der Waals surface area contributed by atoms with Crippen molar-refractivity contribution in [2.75, 3.05) is 6.61 Å². The summed E-state index contributed by atoms with van der Waals surface area (Å²) in [6.45, 7) is 2.48. The maximum Gasteiger partial charge on any atom is 0.342 e. The molecule has 20 heavy (non-hydrogen) atoms. The highest BCUT2D eigenvalue weighted by Crippen LogP contribution is 2.31. The van der Waals surface area contributed by atoms with Gasteiger partial charge in [-0.3, -0.25) is 10.1 Å². The number of carboxylic acid groups (broad SMARTS) is 1. The predicted octanol–water partition coefficient (Wildman–Crippen LogP) is 3.64. The maximum absolute atomic E-state index is 11.0. The van der Waals surface area contributed by atoms with Crippen molar-refractivity contribution in [3.63, 3.8) is 0 Å². The summed E-state index contributed by atoms with van der Waals surface area (Å²) in [7, 11) is 0. The quantitative estimate of drug-likeness (QED) is 0.424. The third kappa shape index (κ3) is 4.53. The molecule has 110 valence electrons. The molecule has 0 amide bonds. The predicted molar refractivity (Wildman–Crippen MR) is 74.3 cm³/mol. The molecular formula is C14H19NO5. The summed E-state index contributed by atoms with van der Waals surface area (Å²) in [6.07, 6.45) is 5.22. The lowest BCUT2D eigenvalue weighted by Gasteiger charge is -2.08. The fourth-order valence-electron chi connectivity index (χ4n) is 1.89. The van der Waals surface area contributed by atoms with E-state index in [9.17, 15) is 14.9 Å². The topological polar surface area (TPSA) is 89.7 Å². The fourth-order valence-corrected chi connectivity index (χ4v) is 1.89. The van der Waals surface area contributed by atoms with Crippen LogP contribution in [-0.2, 0) is 0 Å². The summed E-state index contributed by atoms with van der Waals surface area (Å²) in [4.78, 5) is 21.2. The molecule has 0 aliphatic carbocycles. The Hall–Kier alpha value is -2.11. The molecular weight excluding hydrogens is 262 g/mol. The van der Waals surface area contributed by atoms with Crippen LogP contribution in [0.25, 0.3) is 0 Å². The average molecular weight is 281 g/mol. The van der Waals surface area contributed by atoms with Crippen LogP contribution >= 0.6 is 0 Å². The number of aromatic carboxylic acids is 1. The van der Waals surface area contributed by atoms with Gasteiger partial charge in [0.2, 0.25) is 0 Å². The van der Waals surface area contributed by atoms with Crippen molar-refractivity contribution < 1.29 is 19.6 Å². The highest BCUT2D eigenvalue weighted by molar-refractivity contribution is 5.93. The Balaban J connectivity index is 2.67. The second kappa shape index (κ2) is 8.14. The molecule has 1 aromatic carbocycles. The van der Waals surface area contributed by atoms with Crippen molar-refractivity contribution in [2.45, 2.75) is 39.0 Å². The number of rotatable bonds is 9. The minimum Gasteiger partial charge on any atom is -0.487 e. The molecule has 0 aliphatic rings. The first-order valence-electron chi connectivity index (χ1n) is 6.71. The first kappa shape index (κ1) is 15.9. The lowest BCUT2D eigenvalue weighted by atomic mass is 10.1. The van der Waals surface area contributed by atoms with Crippen molar-refractivity contribution in [2.24, 2.45) is 0 Å². The summed E-state index contributed by atoms with van der Waals surface area (Å²) in [6, 6.07) is 4.08. The molecule has 6 nitrogen and oxygen atoms in total. The molecule has 0 aliphatic heterocycles. The summed E-state index contributed by atoms with van der Waals surface area (Å²) in [5, 5.41) is 19.9. The smallest absolute Gasteiger partial charge is 0.342 e. The van der Waals surface area contributed by atoms with Gasteiger partial charge in [-0.2, -0.15) is 0 Å². The molecule has 1 rings (SSSR count). The van der Waals surface area contributed by atoms with Crippen molar-refractivity contribution in [1.82, 2.24) is 0 Å². The highest BCUT2D eigenvalue weighted by atomic mass is 16.6. The highest BCUT2D eigenvalue weighted by Gasteiger charge is 2.25. The van der Waals surface area contributed by atoms with Gasteiger partial charge in [-0.25, -0.2) is 4.79 Å². The van der Waals surface area contributed by atoms with E-state index >= 15 is 0 Å². The van der Waals surface area contributed by atoms with E-state index in [2.05, 4.69) is 6.92 Å². The number of nitrogens with zero attached hydrogens (tertiary/aromatic N) is 1. The summed E-state index contributed by atoms with van der Waals surface area (Å²) in [5.74, 6) is -1.31. The molecule has 0 saturated heterocycles. The van der Waals surface area contributed by atoms with E-state index in [1.807, 2.05) is 0 Å². The van der Waals surface area contributed by atoms with Gasteiger partial charge in [0.15, 0.2) is 5.75 Å². The van der Waals surface area contributed by atoms with Crippen molar-refractivity contribution in [1.29, 1.82) is 0 Å². The van der Waals surface area contributed by atoms with Crippen LogP contribution in [0.3, 0.4) is 0 Å². The molecule has 1 N–H and O–H groups in total. The Labute approximate surface area is 117 Å². The molecule has 0 spiro atoms. The van der Waals surface area contributed by atoms with Crippen molar-refractivity contribution in [3.8, 4) is 5.75 Å². The van der Waals surface area contributed by atoms with Gasteiger partial charge < -0.3 is 9.84 Å². The van der Waals surface area contributed by atoms with Gasteiger partial charge in [0, 0.05) is 0 Å². The van der Waals surface area contributed by atoms with Crippen LogP contribution < -0.4 is 4.74 Å². The van der Waals surface area contributed by atoms with E-state index < -0.39 is 16.6 Å². The molecule has 0 fully saturated rings. The molecule has 0 atom stereocenters. The van der Waals surface area contributed by atoms with Gasteiger partial charge in [0.05, 0.1) is 11.5 Å². The van der Waals surface area contributed by atoms with Crippen molar-refractivity contribution in [3.05, 3.63) is 33.9 Å². The lowest BCUT2D eigenvalue weighted by Crippen LogP contribution is -2.06. The first-order valence-corrected chi connectivity index (χ1v) is 6.71. The number of ether oxygens (including phenoxy) is 1. The molecule has 0 aromatic heterocycles. The fraction of sp³-hybridized carbons (Fsp3) is 0.500. The average Bonchev–Trinajstić information content (AvgIpc) is 2.42. The van der Waals surface area contributed by atoms with Gasteiger partial charge in [0.25, 0.3) is 0 Å². The molecule has 0 heterocycles. The SMILES string of the molecule is CCCCCCCOc1cccc(C(=O)O)c1[N+](=O)[O-]. The van der Waals surface area contributed by atoms with Crippen molar-refractivity contribution >= 4 is 11.7 Å². The van der Waals surface area contributed by atoms with E-state index in [4.69, 9.17) is 9.84 Å². The molecule has 0 radical (unpaired) electrons. The third-order valence-electron chi connectivity index (χ3n) is 2.92. The van der Waals surface area contributed by atoms with Gasteiger partial charge in [-0.05, 0) is 18.6 Å². The van der Waals surface area contributed by atoms with Gasteiger partial charge >= 0.3 is 11.7 Å². The maximum atomic E-state index is 11.0. The molecule has 0 unspecified atom stereocenters.